The maximum Gasteiger partial charge on any atom is 0.320 e. The van der Waals surface area contributed by atoms with Gasteiger partial charge in [0.2, 0.25) is 5.91 Å². The Morgan fingerprint density at radius 1 is 1.36 bits per heavy atom. The topological polar surface area (TPSA) is 107 Å². The SMILES string of the molecule is CC[C@@H](NC(CC(C)C)C(=O)NCCc1cnc[nH]1)C(=O)O. The highest BCUT2D eigenvalue weighted by atomic mass is 16.4. The van der Waals surface area contributed by atoms with Crippen LogP contribution in [0.3, 0.4) is 0 Å². The molecule has 2 atom stereocenters. The zero-order valence-corrected chi connectivity index (χ0v) is 13.4. The van der Waals surface area contributed by atoms with Gasteiger partial charge in [-0.05, 0) is 18.8 Å². The summed E-state index contributed by atoms with van der Waals surface area (Å²) in [7, 11) is 0. The van der Waals surface area contributed by atoms with E-state index in [4.69, 9.17) is 5.11 Å². The van der Waals surface area contributed by atoms with E-state index in [9.17, 15) is 9.59 Å². The Hall–Kier alpha value is -1.89. The number of aromatic amines is 1. The molecule has 0 spiro atoms. The molecule has 7 nitrogen and oxygen atoms in total. The molecule has 0 bridgehead atoms. The Morgan fingerprint density at radius 2 is 2.09 bits per heavy atom. The zero-order chi connectivity index (χ0) is 16.5. The van der Waals surface area contributed by atoms with Crippen LogP contribution in [0.5, 0.6) is 0 Å². The van der Waals surface area contributed by atoms with Gasteiger partial charge in [-0.2, -0.15) is 0 Å². The summed E-state index contributed by atoms with van der Waals surface area (Å²) < 4.78 is 0. The number of imidazole rings is 1. The van der Waals surface area contributed by atoms with Crippen LogP contribution in [0.4, 0.5) is 0 Å². The molecule has 0 aliphatic carbocycles. The lowest BCUT2D eigenvalue weighted by Crippen LogP contribution is -2.51. The second-order valence-electron chi connectivity index (χ2n) is 5.77. The molecule has 0 aliphatic heterocycles. The van der Waals surface area contributed by atoms with Gasteiger partial charge in [0.25, 0.3) is 0 Å². The quantitative estimate of drug-likeness (QED) is 0.514. The summed E-state index contributed by atoms with van der Waals surface area (Å²) in [6.07, 6.45) is 5.01. The first-order chi connectivity index (χ1) is 10.4. The van der Waals surface area contributed by atoms with Crippen LogP contribution in [-0.2, 0) is 16.0 Å². The van der Waals surface area contributed by atoms with Gasteiger partial charge in [-0.3, -0.25) is 14.9 Å². The number of carboxylic acid groups (broad SMARTS) is 1. The number of nitrogens with one attached hydrogen (secondary N) is 3. The molecule has 4 N–H and O–H groups in total. The van der Waals surface area contributed by atoms with Gasteiger partial charge in [0.15, 0.2) is 0 Å². The maximum absolute atomic E-state index is 12.3. The van der Waals surface area contributed by atoms with Crippen LogP contribution in [0.1, 0.15) is 39.3 Å². The summed E-state index contributed by atoms with van der Waals surface area (Å²) in [4.78, 5) is 30.3. The predicted molar refractivity (Wildman–Crippen MR) is 83.4 cm³/mol. The van der Waals surface area contributed by atoms with Crippen LogP contribution >= 0.6 is 0 Å². The molecule has 7 heteroatoms. The lowest BCUT2D eigenvalue weighted by Gasteiger charge is -2.23. The molecule has 1 unspecified atom stereocenters. The standard InChI is InChI=1S/C15H26N4O3/c1-4-12(15(21)22)19-13(7-10(2)3)14(20)17-6-5-11-8-16-9-18-11/h8-10,12-13,19H,4-7H2,1-3H3,(H,16,18)(H,17,20)(H,21,22)/t12-,13?/m1/s1. The minimum Gasteiger partial charge on any atom is -0.480 e. The highest BCUT2D eigenvalue weighted by Crippen LogP contribution is 2.07. The summed E-state index contributed by atoms with van der Waals surface area (Å²) in [5, 5.41) is 14.9. The van der Waals surface area contributed by atoms with Crippen molar-refractivity contribution in [3.05, 3.63) is 18.2 Å². The number of carbonyl (C=O) groups is 2. The number of hydrogen-bond acceptors (Lipinski definition) is 4. The number of H-pyrrole nitrogens is 1. The van der Waals surface area contributed by atoms with Crippen molar-refractivity contribution in [2.75, 3.05) is 6.54 Å². The number of nitrogens with zero attached hydrogens (tertiary/aromatic N) is 1. The zero-order valence-electron chi connectivity index (χ0n) is 13.4. The smallest absolute Gasteiger partial charge is 0.320 e. The first kappa shape index (κ1) is 18.2. The van der Waals surface area contributed by atoms with Crippen LogP contribution in [0.15, 0.2) is 12.5 Å². The van der Waals surface area contributed by atoms with Crippen LogP contribution in [0, 0.1) is 5.92 Å². The van der Waals surface area contributed by atoms with Gasteiger partial charge < -0.3 is 15.4 Å². The lowest BCUT2D eigenvalue weighted by molar-refractivity contribution is -0.140. The fourth-order valence-corrected chi connectivity index (χ4v) is 2.19. The Labute approximate surface area is 130 Å². The first-order valence-corrected chi connectivity index (χ1v) is 7.67. The number of amides is 1. The Morgan fingerprint density at radius 3 is 2.59 bits per heavy atom. The number of aliphatic carboxylic acids is 1. The van der Waals surface area contributed by atoms with Crippen molar-refractivity contribution in [1.82, 2.24) is 20.6 Å². The molecule has 1 heterocycles. The van der Waals surface area contributed by atoms with E-state index in [1.54, 1.807) is 19.4 Å². The molecule has 0 saturated heterocycles. The summed E-state index contributed by atoms with van der Waals surface area (Å²) >= 11 is 0. The molecule has 0 aliphatic rings. The van der Waals surface area contributed by atoms with Gasteiger partial charge in [0.05, 0.1) is 12.4 Å². The van der Waals surface area contributed by atoms with E-state index >= 15 is 0 Å². The number of rotatable bonds is 10. The maximum atomic E-state index is 12.3. The molecule has 1 rings (SSSR count). The van der Waals surface area contributed by atoms with E-state index < -0.39 is 18.1 Å². The van der Waals surface area contributed by atoms with Crippen molar-refractivity contribution in [1.29, 1.82) is 0 Å². The molecule has 1 aromatic heterocycles. The third-order valence-corrected chi connectivity index (χ3v) is 3.38. The summed E-state index contributed by atoms with van der Waals surface area (Å²) in [5.41, 5.74) is 0.950. The predicted octanol–water partition coefficient (Wildman–Crippen LogP) is 0.936. The van der Waals surface area contributed by atoms with Crippen molar-refractivity contribution < 1.29 is 14.7 Å². The van der Waals surface area contributed by atoms with E-state index in [1.807, 2.05) is 13.8 Å². The average molecular weight is 310 g/mol. The second kappa shape index (κ2) is 9.19. The molecule has 1 amide bonds. The van der Waals surface area contributed by atoms with Crippen LogP contribution in [0.2, 0.25) is 0 Å². The second-order valence-corrected chi connectivity index (χ2v) is 5.77. The Kier molecular flexibility index (Phi) is 7.59. The lowest BCUT2D eigenvalue weighted by atomic mass is 10.0. The van der Waals surface area contributed by atoms with Gasteiger partial charge >= 0.3 is 5.97 Å². The average Bonchev–Trinajstić information content (AvgIpc) is 2.95. The van der Waals surface area contributed by atoms with Crippen molar-refractivity contribution >= 4 is 11.9 Å². The van der Waals surface area contributed by atoms with Gasteiger partial charge in [0, 0.05) is 24.9 Å². The fourth-order valence-electron chi connectivity index (χ4n) is 2.19. The number of carbonyl (C=O) groups excluding carboxylic acids is 1. The van der Waals surface area contributed by atoms with Gasteiger partial charge in [-0.15, -0.1) is 0 Å². The Bertz CT molecular complexity index is 459. The summed E-state index contributed by atoms with van der Waals surface area (Å²) in [6, 6.07) is -1.20. The monoisotopic (exact) mass is 310 g/mol. The third kappa shape index (κ3) is 6.26. The highest BCUT2D eigenvalue weighted by Gasteiger charge is 2.25. The molecular formula is C15H26N4O3. The Balaban J connectivity index is 2.53. The molecule has 22 heavy (non-hydrogen) atoms. The minimum absolute atomic E-state index is 0.159. The van der Waals surface area contributed by atoms with E-state index in [-0.39, 0.29) is 5.91 Å². The normalized spacial score (nSPS) is 13.8. The minimum atomic E-state index is -0.929. The highest BCUT2D eigenvalue weighted by molar-refractivity contribution is 5.83. The van der Waals surface area contributed by atoms with Gasteiger partial charge in [-0.25, -0.2) is 4.98 Å². The third-order valence-electron chi connectivity index (χ3n) is 3.38. The molecule has 0 saturated carbocycles. The van der Waals surface area contributed by atoms with Crippen molar-refractivity contribution in [2.24, 2.45) is 5.92 Å². The summed E-state index contributed by atoms with van der Waals surface area (Å²) in [6.45, 7) is 6.29. The molecule has 0 aromatic carbocycles. The van der Waals surface area contributed by atoms with E-state index in [2.05, 4.69) is 20.6 Å². The largest absolute Gasteiger partial charge is 0.480 e. The van der Waals surface area contributed by atoms with Crippen LogP contribution in [-0.4, -0.2) is 45.6 Å². The van der Waals surface area contributed by atoms with Crippen molar-refractivity contribution in [2.45, 2.75) is 52.1 Å². The number of carboxylic acids is 1. The van der Waals surface area contributed by atoms with Crippen molar-refractivity contribution in [3.8, 4) is 0 Å². The first-order valence-electron chi connectivity index (χ1n) is 7.67. The summed E-state index contributed by atoms with van der Waals surface area (Å²) in [5.74, 6) is -0.795. The molecule has 124 valence electrons. The molecular weight excluding hydrogens is 284 g/mol. The molecule has 0 fully saturated rings. The molecule has 1 aromatic rings. The number of aromatic nitrogens is 2. The fraction of sp³-hybridized carbons (Fsp3) is 0.667. The van der Waals surface area contributed by atoms with E-state index in [0.29, 0.717) is 31.7 Å². The number of hydrogen-bond donors (Lipinski definition) is 4. The van der Waals surface area contributed by atoms with Gasteiger partial charge in [0.1, 0.15) is 6.04 Å². The van der Waals surface area contributed by atoms with E-state index in [1.165, 1.54) is 0 Å². The van der Waals surface area contributed by atoms with Crippen molar-refractivity contribution in [3.63, 3.8) is 0 Å². The van der Waals surface area contributed by atoms with Crippen LogP contribution in [0.25, 0.3) is 0 Å². The van der Waals surface area contributed by atoms with Gasteiger partial charge in [-0.1, -0.05) is 20.8 Å². The van der Waals surface area contributed by atoms with Crippen LogP contribution < -0.4 is 10.6 Å². The molecule has 0 radical (unpaired) electrons. The van der Waals surface area contributed by atoms with E-state index in [0.717, 1.165) is 5.69 Å².